The van der Waals surface area contributed by atoms with Gasteiger partial charge >= 0.3 is 6.09 Å². The van der Waals surface area contributed by atoms with E-state index in [1.807, 2.05) is 61.6 Å². The van der Waals surface area contributed by atoms with Crippen LogP contribution in [0.15, 0.2) is 76.2 Å². The molecule has 7 nitrogen and oxygen atoms in total. The van der Waals surface area contributed by atoms with E-state index in [4.69, 9.17) is 16.0 Å². The Balaban J connectivity index is 1.59. The minimum Gasteiger partial charge on any atom is -0.465 e. The SMILES string of the molecule is Cn1cnc2c3oc(-c4ccccc4)c(-c4ccc(C5(NC(=O)O)CCC5)cc4)c(=O)c3cc(Cl)c21. The lowest BCUT2D eigenvalue weighted by atomic mass is 9.71. The lowest BCUT2D eigenvalue weighted by Crippen LogP contribution is -2.50. The van der Waals surface area contributed by atoms with Crippen molar-refractivity contribution in [3.63, 3.8) is 0 Å². The Kier molecular flexibility index (Phi) is 5.12. The molecule has 0 bridgehead atoms. The van der Waals surface area contributed by atoms with Crippen molar-refractivity contribution < 1.29 is 14.3 Å². The molecule has 1 saturated carbocycles. The summed E-state index contributed by atoms with van der Waals surface area (Å²) in [5, 5.41) is 12.8. The van der Waals surface area contributed by atoms with Gasteiger partial charge in [0, 0.05) is 12.6 Å². The fourth-order valence-corrected chi connectivity index (χ4v) is 5.49. The fourth-order valence-electron chi connectivity index (χ4n) is 5.16. The van der Waals surface area contributed by atoms with E-state index in [1.165, 1.54) is 0 Å². The Morgan fingerprint density at radius 2 is 1.83 bits per heavy atom. The smallest absolute Gasteiger partial charge is 0.405 e. The zero-order valence-electron chi connectivity index (χ0n) is 19.4. The summed E-state index contributed by atoms with van der Waals surface area (Å²) < 4.78 is 8.25. The second-order valence-electron chi connectivity index (χ2n) is 9.23. The number of nitrogens with zero attached hydrogens (tertiary/aromatic N) is 2. The van der Waals surface area contributed by atoms with Gasteiger partial charge in [-0.1, -0.05) is 66.2 Å². The molecule has 0 atom stereocenters. The molecule has 2 heterocycles. The number of aromatic nitrogens is 2. The standard InChI is InChI=1S/C28H22ClN3O4/c1-32-15-30-22-23(32)20(29)14-19-24(33)21(25(36-26(19)22)17-6-3-2-4-7-17)16-8-10-18(11-9-16)28(12-5-13-28)31-27(34)35/h2-4,6-11,14-15,31H,5,12-13H2,1H3,(H,34,35). The summed E-state index contributed by atoms with van der Waals surface area (Å²) >= 11 is 6.55. The number of amides is 1. The number of imidazole rings is 1. The lowest BCUT2D eigenvalue weighted by Gasteiger charge is -2.42. The van der Waals surface area contributed by atoms with E-state index in [-0.39, 0.29) is 5.43 Å². The number of hydrogen-bond acceptors (Lipinski definition) is 4. The van der Waals surface area contributed by atoms with E-state index in [2.05, 4.69) is 10.3 Å². The highest BCUT2D eigenvalue weighted by Gasteiger charge is 2.40. The number of fused-ring (bicyclic) bond motifs is 3. The van der Waals surface area contributed by atoms with Crippen molar-refractivity contribution >= 4 is 39.7 Å². The highest BCUT2D eigenvalue weighted by atomic mass is 35.5. The summed E-state index contributed by atoms with van der Waals surface area (Å²) in [6.45, 7) is 0. The van der Waals surface area contributed by atoms with Crippen molar-refractivity contribution in [1.29, 1.82) is 0 Å². The monoisotopic (exact) mass is 499 g/mol. The Hall–Kier alpha value is -4.10. The molecule has 1 amide bonds. The van der Waals surface area contributed by atoms with Crippen LogP contribution >= 0.6 is 11.6 Å². The number of carboxylic acid groups (broad SMARTS) is 1. The van der Waals surface area contributed by atoms with Crippen LogP contribution in [0.5, 0.6) is 0 Å². The molecule has 2 N–H and O–H groups in total. The van der Waals surface area contributed by atoms with Gasteiger partial charge in [0.2, 0.25) is 5.43 Å². The van der Waals surface area contributed by atoms with Crippen molar-refractivity contribution in [3.05, 3.63) is 87.8 Å². The number of rotatable bonds is 4. The van der Waals surface area contributed by atoms with Crippen molar-refractivity contribution in [2.24, 2.45) is 7.05 Å². The molecule has 5 aromatic rings. The molecule has 1 aliphatic carbocycles. The van der Waals surface area contributed by atoms with Gasteiger partial charge in [-0.15, -0.1) is 0 Å². The zero-order chi connectivity index (χ0) is 25.0. The quantitative estimate of drug-likeness (QED) is 0.302. The molecule has 1 aliphatic rings. The summed E-state index contributed by atoms with van der Waals surface area (Å²) in [5.41, 5.74) is 3.55. The zero-order valence-corrected chi connectivity index (χ0v) is 20.2. The van der Waals surface area contributed by atoms with Crippen LogP contribution < -0.4 is 10.7 Å². The maximum Gasteiger partial charge on any atom is 0.405 e. The van der Waals surface area contributed by atoms with Gasteiger partial charge in [-0.3, -0.25) is 4.79 Å². The van der Waals surface area contributed by atoms with E-state index in [1.54, 1.807) is 17.0 Å². The van der Waals surface area contributed by atoms with E-state index >= 15 is 0 Å². The van der Waals surface area contributed by atoms with Crippen molar-refractivity contribution in [3.8, 4) is 22.5 Å². The largest absolute Gasteiger partial charge is 0.465 e. The Morgan fingerprint density at radius 3 is 2.47 bits per heavy atom. The Bertz CT molecular complexity index is 1700. The molecule has 0 radical (unpaired) electrons. The van der Waals surface area contributed by atoms with Crippen molar-refractivity contribution in [2.45, 2.75) is 24.8 Å². The van der Waals surface area contributed by atoms with Gasteiger partial charge in [0.15, 0.2) is 5.58 Å². The molecule has 0 unspecified atom stereocenters. The first kappa shape index (κ1) is 22.4. The molecule has 36 heavy (non-hydrogen) atoms. The predicted octanol–water partition coefficient (Wildman–Crippen LogP) is 6.31. The van der Waals surface area contributed by atoms with Gasteiger partial charge in [0.25, 0.3) is 0 Å². The van der Waals surface area contributed by atoms with E-state index < -0.39 is 11.6 Å². The average molecular weight is 500 g/mol. The van der Waals surface area contributed by atoms with E-state index in [0.29, 0.717) is 43.9 Å². The van der Waals surface area contributed by atoms with Crippen LogP contribution in [0.3, 0.4) is 0 Å². The number of nitrogens with one attached hydrogen (secondary N) is 1. The summed E-state index contributed by atoms with van der Waals surface area (Å²) in [4.78, 5) is 29.8. The van der Waals surface area contributed by atoms with Crippen LogP contribution in [0.25, 0.3) is 44.5 Å². The molecular formula is C28H22ClN3O4. The maximum absolute atomic E-state index is 14.0. The molecule has 2 aromatic heterocycles. The third kappa shape index (κ3) is 3.38. The second-order valence-corrected chi connectivity index (χ2v) is 9.64. The summed E-state index contributed by atoms with van der Waals surface area (Å²) in [6, 6.07) is 18.6. The number of hydrogen-bond donors (Lipinski definition) is 2. The molecule has 0 spiro atoms. The first-order chi connectivity index (χ1) is 17.4. The third-order valence-electron chi connectivity index (χ3n) is 7.11. The maximum atomic E-state index is 14.0. The molecular weight excluding hydrogens is 478 g/mol. The molecule has 3 aromatic carbocycles. The Morgan fingerprint density at radius 1 is 1.11 bits per heavy atom. The van der Waals surface area contributed by atoms with Gasteiger partial charge in [-0.2, -0.15) is 0 Å². The van der Waals surface area contributed by atoms with E-state index in [0.717, 1.165) is 30.4 Å². The fraction of sp³-hybridized carbons (Fsp3) is 0.179. The molecule has 1 fully saturated rings. The van der Waals surface area contributed by atoms with E-state index in [9.17, 15) is 14.7 Å². The minimum absolute atomic E-state index is 0.209. The Labute approximate surface area is 211 Å². The van der Waals surface area contributed by atoms with Crippen LogP contribution in [-0.2, 0) is 12.6 Å². The van der Waals surface area contributed by atoms with Crippen LogP contribution in [-0.4, -0.2) is 20.8 Å². The molecule has 6 rings (SSSR count). The van der Waals surface area contributed by atoms with Crippen LogP contribution in [0.2, 0.25) is 5.02 Å². The molecule has 0 aliphatic heterocycles. The number of carbonyl (C=O) groups is 1. The lowest BCUT2D eigenvalue weighted by molar-refractivity contribution is 0.144. The second kappa shape index (κ2) is 8.24. The predicted molar refractivity (Wildman–Crippen MR) is 139 cm³/mol. The third-order valence-corrected chi connectivity index (χ3v) is 7.40. The van der Waals surface area contributed by atoms with Gasteiger partial charge in [-0.05, 0) is 36.5 Å². The van der Waals surface area contributed by atoms with Crippen LogP contribution in [0.4, 0.5) is 4.79 Å². The first-order valence-corrected chi connectivity index (χ1v) is 12.0. The van der Waals surface area contributed by atoms with Crippen molar-refractivity contribution in [1.82, 2.24) is 14.9 Å². The van der Waals surface area contributed by atoms with Gasteiger partial charge < -0.3 is 19.4 Å². The minimum atomic E-state index is -1.04. The molecule has 8 heteroatoms. The van der Waals surface area contributed by atoms with Gasteiger partial charge in [-0.25, -0.2) is 9.78 Å². The summed E-state index contributed by atoms with van der Waals surface area (Å²) in [5.74, 6) is 0.442. The first-order valence-electron chi connectivity index (χ1n) is 11.7. The van der Waals surface area contributed by atoms with Gasteiger partial charge in [0.1, 0.15) is 11.3 Å². The molecule has 180 valence electrons. The topological polar surface area (TPSA) is 97.4 Å². The van der Waals surface area contributed by atoms with Crippen LogP contribution in [0.1, 0.15) is 24.8 Å². The van der Waals surface area contributed by atoms with Crippen molar-refractivity contribution in [2.75, 3.05) is 0 Å². The number of aryl methyl sites for hydroxylation is 1. The summed E-state index contributed by atoms with van der Waals surface area (Å²) in [6.07, 6.45) is 3.04. The number of benzene rings is 3. The van der Waals surface area contributed by atoms with Crippen LogP contribution in [0, 0.1) is 0 Å². The number of halogens is 1. The molecule has 0 saturated heterocycles. The summed E-state index contributed by atoms with van der Waals surface area (Å²) in [7, 11) is 1.84. The highest BCUT2D eigenvalue weighted by molar-refractivity contribution is 6.36. The van der Waals surface area contributed by atoms with Gasteiger partial charge in [0.05, 0.1) is 33.4 Å². The normalized spacial score (nSPS) is 14.6. The average Bonchev–Trinajstić information content (AvgIpc) is 3.25. The highest BCUT2D eigenvalue weighted by Crippen LogP contribution is 2.42.